The van der Waals surface area contributed by atoms with Gasteiger partial charge in [-0.2, -0.15) is 0 Å². The normalized spacial score (nSPS) is 12.1. The van der Waals surface area contributed by atoms with Gasteiger partial charge < -0.3 is 10.5 Å². The Hall–Kier alpha value is -1.35. The van der Waals surface area contributed by atoms with Gasteiger partial charge in [-0.1, -0.05) is 30.3 Å². The average Bonchev–Trinajstić information content (AvgIpc) is 2.27. The van der Waals surface area contributed by atoms with E-state index >= 15 is 0 Å². The van der Waals surface area contributed by atoms with Crippen LogP contribution in [0, 0.1) is 0 Å². The molecule has 0 spiro atoms. The summed E-state index contributed by atoms with van der Waals surface area (Å²) in [6, 6.07) is 9.96. The summed E-state index contributed by atoms with van der Waals surface area (Å²) in [7, 11) is 0. The summed E-state index contributed by atoms with van der Waals surface area (Å²) in [5.74, 6) is 0.0280. The highest BCUT2D eigenvalue weighted by Gasteiger charge is 2.16. The quantitative estimate of drug-likeness (QED) is 0.733. The molecule has 1 rings (SSSR count). The summed E-state index contributed by atoms with van der Waals surface area (Å²) in [5.41, 5.74) is 5.02. The number of esters is 1. The van der Waals surface area contributed by atoms with Gasteiger partial charge in [0.2, 0.25) is 0 Å². The van der Waals surface area contributed by atoms with Gasteiger partial charge in [-0.15, -0.1) is 0 Å². The molecule has 3 heteroatoms. The van der Waals surface area contributed by atoms with E-state index in [1.54, 1.807) is 0 Å². The topological polar surface area (TPSA) is 53.9 Å². The van der Waals surface area contributed by atoms with E-state index in [4.69, 9.17) is 4.74 Å². The van der Waals surface area contributed by atoms with E-state index in [0.717, 1.165) is 5.56 Å². The van der Waals surface area contributed by atoms with Crippen LogP contribution in [-0.4, -0.2) is 19.1 Å². The van der Waals surface area contributed by atoms with Crippen molar-refractivity contribution in [3.05, 3.63) is 35.9 Å². The maximum atomic E-state index is 11.3. The van der Waals surface area contributed by atoms with Gasteiger partial charge in [-0.25, -0.2) is 0 Å². The van der Waals surface area contributed by atoms with Crippen LogP contribution in [-0.2, 0) is 9.53 Å². The van der Waals surface area contributed by atoms with E-state index in [-0.39, 0.29) is 11.9 Å². The standard InChI is InChI=1S/C12H17NO2/c1-2-15-12(14)8-11(9-13)10-6-4-3-5-7-10/h3-7,11H,2,8-9,13H2,1H3/p+1/t11-/m0/s1. The number of benzene rings is 1. The Morgan fingerprint density at radius 3 is 2.60 bits per heavy atom. The molecule has 0 aromatic heterocycles. The molecule has 0 unspecified atom stereocenters. The zero-order chi connectivity index (χ0) is 11.1. The first-order chi connectivity index (χ1) is 7.27. The third-order valence-corrected chi connectivity index (χ3v) is 2.34. The maximum absolute atomic E-state index is 11.3. The molecule has 0 heterocycles. The van der Waals surface area contributed by atoms with Crippen LogP contribution in [0.5, 0.6) is 0 Å². The van der Waals surface area contributed by atoms with Crippen LogP contribution >= 0.6 is 0 Å². The molecule has 0 saturated carbocycles. The fraction of sp³-hybridized carbons (Fsp3) is 0.417. The minimum Gasteiger partial charge on any atom is -0.466 e. The first-order valence-corrected chi connectivity index (χ1v) is 5.27. The molecule has 0 bridgehead atoms. The summed E-state index contributed by atoms with van der Waals surface area (Å²) >= 11 is 0. The number of hydrogen-bond acceptors (Lipinski definition) is 2. The highest BCUT2D eigenvalue weighted by Crippen LogP contribution is 2.17. The fourth-order valence-electron chi connectivity index (χ4n) is 1.53. The molecule has 0 radical (unpaired) electrons. The van der Waals surface area contributed by atoms with Crippen LogP contribution in [0.4, 0.5) is 0 Å². The second kappa shape index (κ2) is 6.19. The van der Waals surface area contributed by atoms with Gasteiger partial charge in [0.25, 0.3) is 0 Å². The minimum absolute atomic E-state index is 0.144. The van der Waals surface area contributed by atoms with Crippen LogP contribution in [0.15, 0.2) is 30.3 Å². The lowest BCUT2D eigenvalue weighted by Gasteiger charge is -2.12. The fourth-order valence-corrected chi connectivity index (χ4v) is 1.53. The van der Waals surface area contributed by atoms with Crippen molar-refractivity contribution in [3.63, 3.8) is 0 Å². The van der Waals surface area contributed by atoms with Crippen molar-refractivity contribution in [1.29, 1.82) is 0 Å². The Balaban J connectivity index is 2.61. The summed E-state index contributed by atoms with van der Waals surface area (Å²) in [5, 5.41) is 0. The van der Waals surface area contributed by atoms with Crippen molar-refractivity contribution in [2.45, 2.75) is 19.3 Å². The van der Waals surface area contributed by atoms with Gasteiger partial charge in [0.05, 0.1) is 19.6 Å². The molecule has 82 valence electrons. The Morgan fingerprint density at radius 2 is 2.07 bits per heavy atom. The number of hydrogen-bond donors (Lipinski definition) is 1. The van der Waals surface area contributed by atoms with Crippen LogP contribution in [0.1, 0.15) is 24.8 Å². The van der Waals surface area contributed by atoms with Gasteiger partial charge in [0.1, 0.15) is 0 Å². The molecule has 0 aliphatic rings. The zero-order valence-corrected chi connectivity index (χ0v) is 9.11. The summed E-state index contributed by atoms with van der Waals surface area (Å²) in [6.07, 6.45) is 0.418. The smallest absolute Gasteiger partial charge is 0.306 e. The molecular formula is C12H18NO2+. The van der Waals surface area contributed by atoms with Crippen molar-refractivity contribution < 1.29 is 15.3 Å². The van der Waals surface area contributed by atoms with Crippen molar-refractivity contribution in [3.8, 4) is 0 Å². The molecule has 3 nitrogen and oxygen atoms in total. The van der Waals surface area contributed by atoms with Crippen molar-refractivity contribution in [2.24, 2.45) is 0 Å². The maximum Gasteiger partial charge on any atom is 0.306 e. The van der Waals surface area contributed by atoms with Gasteiger partial charge in [-0.05, 0) is 12.5 Å². The predicted molar refractivity (Wildman–Crippen MR) is 58.2 cm³/mol. The second-order valence-electron chi connectivity index (χ2n) is 3.41. The largest absolute Gasteiger partial charge is 0.466 e. The van der Waals surface area contributed by atoms with Crippen LogP contribution in [0.2, 0.25) is 0 Å². The number of rotatable bonds is 5. The van der Waals surface area contributed by atoms with Gasteiger partial charge >= 0.3 is 5.97 Å². The van der Waals surface area contributed by atoms with Gasteiger partial charge in [0, 0.05) is 5.92 Å². The highest BCUT2D eigenvalue weighted by molar-refractivity contribution is 5.70. The van der Waals surface area contributed by atoms with E-state index in [1.165, 1.54) is 0 Å². The molecule has 0 aliphatic carbocycles. The molecule has 0 fully saturated rings. The lowest BCUT2D eigenvalue weighted by atomic mass is 9.96. The average molecular weight is 208 g/mol. The molecular weight excluding hydrogens is 190 g/mol. The number of ether oxygens (including phenoxy) is 1. The summed E-state index contributed by atoms with van der Waals surface area (Å²) in [4.78, 5) is 11.3. The first kappa shape index (κ1) is 11.7. The van der Waals surface area contributed by atoms with Gasteiger partial charge in [-0.3, -0.25) is 4.79 Å². The zero-order valence-electron chi connectivity index (χ0n) is 9.11. The Morgan fingerprint density at radius 1 is 1.40 bits per heavy atom. The SMILES string of the molecule is CCOC(=O)C[C@@H](C[NH3+])c1ccccc1. The van der Waals surface area contributed by atoms with Gasteiger partial charge in [0.15, 0.2) is 0 Å². The van der Waals surface area contributed by atoms with Crippen LogP contribution in [0.3, 0.4) is 0 Å². The van der Waals surface area contributed by atoms with E-state index in [9.17, 15) is 4.79 Å². The Kier molecular flexibility index (Phi) is 4.84. The number of quaternary nitrogens is 1. The molecule has 1 aromatic rings. The molecule has 0 saturated heterocycles. The highest BCUT2D eigenvalue weighted by atomic mass is 16.5. The van der Waals surface area contributed by atoms with Crippen LogP contribution in [0.25, 0.3) is 0 Å². The molecule has 15 heavy (non-hydrogen) atoms. The number of carbonyl (C=O) groups excluding carboxylic acids is 1. The van der Waals surface area contributed by atoms with Crippen molar-refractivity contribution in [2.75, 3.05) is 13.2 Å². The minimum atomic E-state index is -0.144. The van der Waals surface area contributed by atoms with Crippen molar-refractivity contribution in [1.82, 2.24) is 0 Å². The molecule has 0 aliphatic heterocycles. The Labute approximate surface area is 90.2 Å². The monoisotopic (exact) mass is 208 g/mol. The lowest BCUT2D eigenvalue weighted by molar-refractivity contribution is -0.372. The second-order valence-corrected chi connectivity index (χ2v) is 3.41. The molecule has 0 amide bonds. The predicted octanol–water partition coefficient (Wildman–Crippen LogP) is 0.965. The third-order valence-electron chi connectivity index (χ3n) is 2.34. The third kappa shape index (κ3) is 3.72. The first-order valence-electron chi connectivity index (χ1n) is 5.27. The Bertz CT molecular complexity index is 298. The molecule has 1 aromatic carbocycles. The molecule has 1 atom stereocenters. The lowest BCUT2D eigenvalue weighted by Crippen LogP contribution is -2.53. The summed E-state index contributed by atoms with van der Waals surface area (Å²) in [6.45, 7) is 2.97. The van der Waals surface area contributed by atoms with Crippen LogP contribution < -0.4 is 5.73 Å². The van der Waals surface area contributed by atoms with E-state index in [2.05, 4.69) is 5.73 Å². The van der Waals surface area contributed by atoms with E-state index < -0.39 is 0 Å². The van der Waals surface area contributed by atoms with E-state index in [0.29, 0.717) is 19.6 Å². The van der Waals surface area contributed by atoms with Crippen molar-refractivity contribution >= 4 is 5.97 Å². The molecule has 3 N–H and O–H groups in total. The summed E-state index contributed by atoms with van der Waals surface area (Å²) < 4.78 is 4.93. The van der Waals surface area contributed by atoms with E-state index in [1.807, 2.05) is 37.3 Å². The number of carbonyl (C=O) groups is 1.